The molecule has 2 heterocycles. The molecule has 0 aliphatic rings. The lowest BCUT2D eigenvalue weighted by atomic mass is 10.3. The van der Waals surface area contributed by atoms with Crippen LogP contribution in [0.2, 0.25) is 0 Å². The van der Waals surface area contributed by atoms with E-state index in [1.807, 2.05) is 16.8 Å². The molecule has 0 aliphatic heterocycles. The van der Waals surface area contributed by atoms with E-state index in [1.165, 1.54) is 13.2 Å². The third-order valence-corrected chi connectivity index (χ3v) is 3.09. The summed E-state index contributed by atoms with van der Waals surface area (Å²) >= 11 is 1.62. The second-order valence-corrected chi connectivity index (χ2v) is 4.39. The van der Waals surface area contributed by atoms with Gasteiger partial charge in [-0.3, -0.25) is 0 Å². The van der Waals surface area contributed by atoms with Crippen LogP contribution in [0.1, 0.15) is 16.1 Å². The Hall–Kier alpha value is -2.08. The van der Waals surface area contributed by atoms with Gasteiger partial charge >= 0.3 is 5.97 Å². The van der Waals surface area contributed by atoms with Crippen molar-refractivity contribution in [3.8, 4) is 0 Å². The highest BCUT2D eigenvalue weighted by Crippen LogP contribution is 2.17. The van der Waals surface area contributed by atoms with Gasteiger partial charge in [0.2, 0.25) is 0 Å². The maximum atomic E-state index is 11.4. The number of pyridine rings is 1. The fraction of sp³-hybridized carbons (Fsp3) is 0.167. The molecule has 2 rings (SSSR count). The van der Waals surface area contributed by atoms with Crippen LogP contribution in [-0.2, 0) is 11.3 Å². The molecule has 0 saturated carbocycles. The fourth-order valence-corrected chi connectivity index (χ4v) is 2.08. The minimum atomic E-state index is -0.478. The number of nitrogens with one attached hydrogen (secondary N) is 1. The normalized spacial score (nSPS) is 10.1. The van der Waals surface area contributed by atoms with Crippen molar-refractivity contribution < 1.29 is 9.53 Å². The first kappa shape index (κ1) is 12.4. The summed E-state index contributed by atoms with van der Waals surface area (Å²) in [5.41, 5.74) is 7.67. The highest BCUT2D eigenvalue weighted by atomic mass is 32.1. The summed E-state index contributed by atoms with van der Waals surface area (Å²) in [4.78, 5) is 15.5. The third-order valence-electron chi connectivity index (χ3n) is 2.36. The Labute approximate surface area is 109 Å². The van der Waals surface area contributed by atoms with Gasteiger partial charge in [0.1, 0.15) is 5.82 Å². The van der Waals surface area contributed by atoms with E-state index < -0.39 is 5.97 Å². The average molecular weight is 263 g/mol. The van der Waals surface area contributed by atoms with E-state index in [2.05, 4.69) is 15.0 Å². The van der Waals surface area contributed by atoms with Gasteiger partial charge in [-0.25, -0.2) is 9.78 Å². The first-order valence-corrected chi connectivity index (χ1v) is 6.25. The number of anilines is 2. The number of rotatable bonds is 4. The van der Waals surface area contributed by atoms with Crippen LogP contribution in [0.5, 0.6) is 0 Å². The molecular formula is C12H13N3O2S. The summed E-state index contributed by atoms with van der Waals surface area (Å²) in [7, 11) is 1.32. The zero-order chi connectivity index (χ0) is 13.0. The Kier molecular flexibility index (Phi) is 3.78. The molecule has 0 aliphatic carbocycles. The SMILES string of the molecule is COC(=O)c1ccc(N)c(NCc2ccsc2)n1. The molecule has 3 N–H and O–H groups in total. The minimum absolute atomic E-state index is 0.236. The van der Waals surface area contributed by atoms with Crippen molar-refractivity contribution in [1.29, 1.82) is 0 Å². The molecule has 5 nitrogen and oxygen atoms in total. The van der Waals surface area contributed by atoms with Crippen LogP contribution in [0.15, 0.2) is 29.0 Å². The van der Waals surface area contributed by atoms with Crippen molar-refractivity contribution in [3.05, 3.63) is 40.2 Å². The zero-order valence-corrected chi connectivity index (χ0v) is 10.7. The van der Waals surface area contributed by atoms with E-state index in [9.17, 15) is 4.79 Å². The number of nitrogen functional groups attached to an aromatic ring is 1. The number of methoxy groups -OCH3 is 1. The summed E-state index contributed by atoms with van der Waals surface area (Å²) in [5, 5.41) is 7.13. The van der Waals surface area contributed by atoms with Crippen molar-refractivity contribution in [2.24, 2.45) is 0 Å². The standard InChI is InChI=1S/C12H13N3O2S/c1-17-12(16)10-3-2-9(13)11(15-10)14-6-8-4-5-18-7-8/h2-5,7H,6,13H2,1H3,(H,14,15). The average Bonchev–Trinajstić information content (AvgIpc) is 2.90. The van der Waals surface area contributed by atoms with Crippen molar-refractivity contribution in [3.63, 3.8) is 0 Å². The molecule has 0 bridgehead atoms. The molecule has 0 aromatic carbocycles. The highest BCUT2D eigenvalue weighted by molar-refractivity contribution is 7.07. The Balaban J connectivity index is 2.13. The smallest absolute Gasteiger partial charge is 0.356 e. The van der Waals surface area contributed by atoms with Crippen molar-refractivity contribution in [1.82, 2.24) is 4.98 Å². The van der Waals surface area contributed by atoms with Gasteiger partial charge in [-0.05, 0) is 34.5 Å². The molecule has 6 heteroatoms. The molecule has 0 radical (unpaired) electrons. The number of thiophene rings is 1. The molecule has 0 fully saturated rings. The predicted octanol–water partition coefficient (Wildman–Crippen LogP) is 2.12. The van der Waals surface area contributed by atoms with Crippen molar-refractivity contribution >= 4 is 28.8 Å². The van der Waals surface area contributed by atoms with Crippen LogP contribution in [-0.4, -0.2) is 18.1 Å². The summed E-state index contributed by atoms with van der Waals surface area (Å²) in [6.45, 7) is 0.616. The molecule has 2 aromatic rings. The molecule has 0 saturated heterocycles. The molecule has 0 spiro atoms. The Morgan fingerprint density at radius 3 is 3.00 bits per heavy atom. The van der Waals surface area contributed by atoms with Crippen LogP contribution < -0.4 is 11.1 Å². The number of ether oxygens (including phenoxy) is 1. The second kappa shape index (κ2) is 5.50. The maximum Gasteiger partial charge on any atom is 0.356 e. The third kappa shape index (κ3) is 2.78. The number of nitrogens with zero attached hydrogens (tertiary/aromatic N) is 1. The first-order valence-electron chi connectivity index (χ1n) is 5.30. The van der Waals surface area contributed by atoms with E-state index in [-0.39, 0.29) is 5.69 Å². The monoisotopic (exact) mass is 263 g/mol. The number of nitrogens with two attached hydrogens (primary N) is 1. The van der Waals surface area contributed by atoms with Gasteiger partial charge in [-0.2, -0.15) is 11.3 Å². The number of aromatic nitrogens is 1. The van der Waals surface area contributed by atoms with Gasteiger partial charge in [0, 0.05) is 6.54 Å². The topological polar surface area (TPSA) is 77.2 Å². The zero-order valence-electron chi connectivity index (χ0n) is 9.84. The number of hydrogen-bond acceptors (Lipinski definition) is 6. The molecule has 0 atom stereocenters. The largest absolute Gasteiger partial charge is 0.464 e. The maximum absolute atomic E-state index is 11.4. The van der Waals surface area contributed by atoms with E-state index in [0.717, 1.165) is 5.56 Å². The Bertz CT molecular complexity index is 540. The summed E-state index contributed by atoms with van der Waals surface area (Å²) in [6.07, 6.45) is 0. The minimum Gasteiger partial charge on any atom is -0.464 e. The molecule has 18 heavy (non-hydrogen) atoms. The fourth-order valence-electron chi connectivity index (χ4n) is 1.41. The van der Waals surface area contributed by atoms with Crippen molar-refractivity contribution in [2.45, 2.75) is 6.54 Å². The van der Waals surface area contributed by atoms with Gasteiger partial charge in [0.25, 0.3) is 0 Å². The lowest BCUT2D eigenvalue weighted by Gasteiger charge is -2.08. The number of carbonyl (C=O) groups excluding carboxylic acids is 1. The van der Waals surface area contributed by atoms with Crippen LogP contribution in [0.4, 0.5) is 11.5 Å². The van der Waals surface area contributed by atoms with E-state index in [0.29, 0.717) is 18.1 Å². The molecule has 94 valence electrons. The quantitative estimate of drug-likeness (QED) is 0.826. The number of carbonyl (C=O) groups is 1. The second-order valence-electron chi connectivity index (χ2n) is 3.61. The Morgan fingerprint density at radius 2 is 2.33 bits per heavy atom. The van der Waals surface area contributed by atoms with Crippen molar-refractivity contribution in [2.75, 3.05) is 18.2 Å². The van der Waals surface area contributed by atoms with Gasteiger partial charge in [0.15, 0.2) is 5.69 Å². The van der Waals surface area contributed by atoms with Gasteiger partial charge in [0.05, 0.1) is 12.8 Å². The lowest BCUT2D eigenvalue weighted by Crippen LogP contribution is -2.09. The number of hydrogen-bond donors (Lipinski definition) is 2. The lowest BCUT2D eigenvalue weighted by molar-refractivity contribution is 0.0594. The van der Waals surface area contributed by atoms with E-state index in [4.69, 9.17) is 5.73 Å². The molecule has 0 amide bonds. The van der Waals surface area contributed by atoms with E-state index >= 15 is 0 Å². The summed E-state index contributed by atoms with van der Waals surface area (Å²) < 4.78 is 4.61. The van der Waals surface area contributed by atoms with Gasteiger partial charge in [-0.1, -0.05) is 0 Å². The molecule has 2 aromatic heterocycles. The number of esters is 1. The highest BCUT2D eigenvalue weighted by Gasteiger charge is 2.10. The summed E-state index contributed by atoms with van der Waals surface area (Å²) in [6, 6.07) is 5.18. The molecule has 0 unspecified atom stereocenters. The predicted molar refractivity (Wildman–Crippen MR) is 71.6 cm³/mol. The Morgan fingerprint density at radius 1 is 1.50 bits per heavy atom. The van der Waals surface area contributed by atoms with Crippen LogP contribution in [0, 0.1) is 0 Å². The van der Waals surface area contributed by atoms with Crippen LogP contribution >= 0.6 is 11.3 Å². The van der Waals surface area contributed by atoms with Gasteiger partial charge < -0.3 is 15.8 Å². The van der Waals surface area contributed by atoms with E-state index in [1.54, 1.807) is 17.4 Å². The molecular weight excluding hydrogens is 250 g/mol. The van der Waals surface area contributed by atoms with Crippen LogP contribution in [0.3, 0.4) is 0 Å². The van der Waals surface area contributed by atoms with Crippen LogP contribution in [0.25, 0.3) is 0 Å². The first-order chi connectivity index (χ1) is 8.70. The summed E-state index contributed by atoms with van der Waals surface area (Å²) in [5.74, 6) is 0.0117. The van der Waals surface area contributed by atoms with Gasteiger partial charge in [-0.15, -0.1) is 0 Å².